The number of methoxy groups -OCH3 is 1. The van der Waals surface area contributed by atoms with Gasteiger partial charge in [-0.2, -0.15) is 0 Å². The predicted octanol–water partition coefficient (Wildman–Crippen LogP) is 1.45. The van der Waals surface area contributed by atoms with Crippen molar-refractivity contribution in [3.05, 3.63) is 24.0 Å². The first kappa shape index (κ1) is 17.9. The lowest BCUT2D eigenvalue weighted by Gasteiger charge is -2.32. The van der Waals surface area contributed by atoms with Crippen LogP contribution in [0.15, 0.2) is 17.6 Å². The Kier molecular flexibility index (Phi) is 6.09. The Morgan fingerprint density at radius 1 is 1.52 bits per heavy atom. The number of imidazole rings is 1. The number of hydrogen-bond donors (Lipinski definition) is 1. The number of likely N-dealkylation sites (tertiary alicyclic amines) is 1. The fourth-order valence-electron chi connectivity index (χ4n) is 3.08. The molecule has 1 aliphatic rings. The second-order valence-corrected chi connectivity index (χ2v) is 7.09. The molecule has 9 heteroatoms. The van der Waals surface area contributed by atoms with Crippen LogP contribution in [0.2, 0.25) is 0 Å². The molecule has 2 aromatic rings. The summed E-state index contributed by atoms with van der Waals surface area (Å²) >= 11 is 1.37. The molecular weight excluding hydrogens is 340 g/mol. The van der Waals surface area contributed by atoms with Crippen molar-refractivity contribution in [2.75, 3.05) is 32.6 Å². The first-order chi connectivity index (χ1) is 12.2. The maximum absolute atomic E-state index is 12.5. The summed E-state index contributed by atoms with van der Waals surface area (Å²) in [6.45, 7) is 4.82. The van der Waals surface area contributed by atoms with Crippen molar-refractivity contribution in [1.82, 2.24) is 29.6 Å². The molecule has 3 rings (SSSR count). The number of nitrogens with zero attached hydrogens (tertiary/aromatic N) is 5. The number of rotatable bonds is 7. The molecule has 1 N–H and O–H groups in total. The average molecular weight is 364 g/mol. The fraction of sp³-hybridized carbons (Fsp3) is 0.625. The van der Waals surface area contributed by atoms with E-state index < -0.39 is 0 Å². The van der Waals surface area contributed by atoms with Crippen LogP contribution in [-0.4, -0.2) is 68.1 Å². The monoisotopic (exact) mass is 364 g/mol. The molecule has 3 heterocycles. The molecule has 8 nitrogen and oxygen atoms in total. The van der Waals surface area contributed by atoms with Gasteiger partial charge in [0, 0.05) is 45.1 Å². The maximum atomic E-state index is 12.5. The third-order valence-electron chi connectivity index (χ3n) is 4.32. The maximum Gasteiger partial charge on any atom is 0.233 e. The van der Waals surface area contributed by atoms with Gasteiger partial charge in [-0.05, 0) is 19.8 Å². The van der Waals surface area contributed by atoms with Crippen molar-refractivity contribution < 1.29 is 9.53 Å². The molecule has 1 aliphatic heterocycles. The van der Waals surface area contributed by atoms with Crippen LogP contribution < -0.4 is 0 Å². The van der Waals surface area contributed by atoms with Crippen molar-refractivity contribution in [1.29, 1.82) is 0 Å². The molecule has 2 aromatic heterocycles. The van der Waals surface area contributed by atoms with Gasteiger partial charge in [0.2, 0.25) is 11.1 Å². The summed E-state index contributed by atoms with van der Waals surface area (Å²) in [6, 6.07) is 0. The average Bonchev–Trinajstić information content (AvgIpc) is 3.26. The Bertz CT molecular complexity index is 700. The van der Waals surface area contributed by atoms with E-state index in [-0.39, 0.29) is 11.8 Å². The van der Waals surface area contributed by atoms with E-state index in [4.69, 9.17) is 4.74 Å². The zero-order valence-corrected chi connectivity index (χ0v) is 15.5. The molecule has 0 aliphatic carbocycles. The first-order valence-corrected chi connectivity index (χ1v) is 9.45. The van der Waals surface area contributed by atoms with Gasteiger partial charge in [-0.1, -0.05) is 11.8 Å². The van der Waals surface area contributed by atoms with Crippen LogP contribution in [0.3, 0.4) is 0 Å². The summed E-state index contributed by atoms with van der Waals surface area (Å²) in [6.07, 6.45) is 5.86. The van der Waals surface area contributed by atoms with Gasteiger partial charge in [-0.3, -0.25) is 9.89 Å². The van der Waals surface area contributed by atoms with Gasteiger partial charge >= 0.3 is 0 Å². The molecule has 0 radical (unpaired) electrons. The van der Waals surface area contributed by atoms with Crippen LogP contribution in [-0.2, 0) is 16.1 Å². The lowest BCUT2D eigenvalue weighted by molar-refractivity contribution is -0.129. The summed E-state index contributed by atoms with van der Waals surface area (Å²) in [5.74, 6) is 2.58. The highest BCUT2D eigenvalue weighted by molar-refractivity contribution is 7.99. The summed E-state index contributed by atoms with van der Waals surface area (Å²) in [5.41, 5.74) is 0. The van der Waals surface area contributed by atoms with E-state index in [0.717, 1.165) is 44.1 Å². The number of thioether (sulfide) groups is 1. The largest absolute Gasteiger partial charge is 0.383 e. The molecule has 136 valence electrons. The molecule has 1 saturated heterocycles. The molecule has 1 atom stereocenters. The van der Waals surface area contributed by atoms with Gasteiger partial charge in [-0.25, -0.2) is 9.97 Å². The lowest BCUT2D eigenvalue weighted by atomic mass is 9.97. The van der Waals surface area contributed by atoms with Crippen LogP contribution in [0.4, 0.5) is 0 Å². The summed E-state index contributed by atoms with van der Waals surface area (Å²) in [4.78, 5) is 23.2. The minimum Gasteiger partial charge on any atom is -0.383 e. The van der Waals surface area contributed by atoms with Crippen molar-refractivity contribution in [3.63, 3.8) is 0 Å². The fourth-order valence-corrected chi connectivity index (χ4v) is 3.82. The molecule has 0 spiro atoms. The van der Waals surface area contributed by atoms with Gasteiger partial charge in [0.25, 0.3) is 0 Å². The first-order valence-electron chi connectivity index (χ1n) is 8.47. The number of nitrogens with one attached hydrogen (secondary N) is 1. The van der Waals surface area contributed by atoms with Gasteiger partial charge < -0.3 is 14.2 Å². The number of hydrogen-bond acceptors (Lipinski definition) is 6. The van der Waals surface area contributed by atoms with Gasteiger partial charge in [0.15, 0.2) is 0 Å². The van der Waals surface area contributed by atoms with E-state index in [9.17, 15) is 4.79 Å². The number of aromatic nitrogens is 5. The van der Waals surface area contributed by atoms with Crippen LogP contribution in [0, 0.1) is 6.92 Å². The van der Waals surface area contributed by atoms with E-state index in [2.05, 4.69) is 24.7 Å². The summed E-state index contributed by atoms with van der Waals surface area (Å²) in [7, 11) is 1.70. The number of aryl methyl sites for hydroxylation is 1. The predicted molar refractivity (Wildman–Crippen MR) is 94.5 cm³/mol. The van der Waals surface area contributed by atoms with E-state index in [0.29, 0.717) is 17.5 Å². The van der Waals surface area contributed by atoms with E-state index >= 15 is 0 Å². The molecule has 1 fully saturated rings. The number of piperidine rings is 1. The Morgan fingerprint density at radius 3 is 3.16 bits per heavy atom. The highest BCUT2D eigenvalue weighted by Crippen LogP contribution is 2.26. The number of H-pyrrole nitrogens is 1. The number of carbonyl (C=O) groups is 1. The Balaban J connectivity index is 1.57. The normalized spacial score (nSPS) is 17.8. The molecular formula is C16H24N6O2S. The molecule has 1 unspecified atom stereocenters. The van der Waals surface area contributed by atoms with Crippen molar-refractivity contribution >= 4 is 17.7 Å². The van der Waals surface area contributed by atoms with Crippen LogP contribution in [0.25, 0.3) is 0 Å². The van der Waals surface area contributed by atoms with Crippen LogP contribution in [0.5, 0.6) is 0 Å². The van der Waals surface area contributed by atoms with Crippen molar-refractivity contribution in [3.8, 4) is 0 Å². The SMILES string of the molecule is COCCn1ccnc1C1CCCN(C(=O)CSc2n[nH]c(C)n2)C1. The lowest BCUT2D eigenvalue weighted by Crippen LogP contribution is -2.40. The zero-order chi connectivity index (χ0) is 17.6. The van der Waals surface area contributed by atoms with Gasteiger partial charge in [0.1, 0.15) is 11.6 Å². The topological polar surface area (TPSA) is 88.9 Å². The molecule has 25 heavy (non-hydrogen) atoms. The molecule has 0 aromatic carbocycles. The second kappa shape index (κ2) is 8.48. The van der Waals surface area contributed by atoms with Crippen molar-refractivity contribution in [2.45, 2.75) is 37.4 Å². The zero-order valence-electron chi connectivity index (χ0n) is 14.6. The van der Waals surface area contributed by atoms with E-state index in [1.54, 1.807) is 7.11 Å². The highest BCUT2D eigenvalue weighted by Gasteiger charge is 2.27. The van der Waals surface area contributed by atoms with Crippen LogP contribution in [0.1, 0.15) is 30.4 Å². The minimum atomic E-state index is 0.132. The smallest absolute Gasteiger partial charge is 0.233 e. The number of carbonyl (C=O) groups excluding carboxylic acids is 1. The van der Waals surface area contributed by atoms with Crippen LogP contribution >= 0.6 is 11.8 Å². The van der Waals surface area contributed by atoms with E-state index in [1.807, 2.05) is 24.2 Å². The number of aromatic amines is 1. The minimum absolute atomic E-state index is 0.132. The summed E-state index contributed by atoms with van der Waals surface area (Å²) in [5, 5.41) is 7.47. The van der Waals surface area contributed by atoms with Gasteiger partial charge in [-0.15, -0.1) is 5.10 Å². The molecule has 0 bridgehead atoms. The standard InChI is InChI=1S/C16H24N6O2S/c1-12-18-16(20-19-12)25-11-14(23)22-6-3-4-13(10-22)15-17-5-7-21(15)8-9-24-2/h5,7,13H,3-4,6,8-11H2,1-2H3,(H,18,19,20). The van der Waals surface area contributed by atoms with Gasteiger partial charge in [0.05, 0.1) is 12.4 Å². The summed E-state index contributed by atoms with van der Waals surface area (Å²) < 4.78 is 7.29. The van der Waals surface area contributed by atoms with E-state index in [1.165, 1.54) is 11.8 Å². The Labute approximate surface area is 151 Å². The third kappa shape index (κ3) is 4.60. The molecule has 1 amide bonds. The van der Waals surface area contributed by atoms with Crippen molar-refractivity contribution in [2.24, 2.45) is 0 Å². The number of amides is 1. The Hall–Kier alpha value is -1.87. The Morgan fingerprint density at radius 2 is 2.40 bits per heavy atom. The molecule has 0 saturated carbocycles. The quantitative estimate of drug-likeness (QED) is 0.748. The number of ether oxygens (including phenoxy) is 1. The highest BCUT2D eigenvalue weighted by atomic mass is 32.2. The second-order valence-electron chi connectivity index (χ2n) is 6.14. The third-order valence-corrected chi connectivity index (χ3v) is 5.16.